The first-order chi connectivity index (χ1) is 10.5. The summed E-state index contributed by atoms with van der Waals surface area (Å²) in [5.74, 6) is -1.23. The van der Waals surface area contributed by atoms with Crippen molar-refractivity contribution < 1.29 is 14.7 Å². The van der Waals surface area contributed by atoms with Gasteiger partial charge in [-0.2, -0.15) is 0 Å². The number of nitrogens with zero attached hydrogens (tertiary/aromatic N) is 1. The van der Waals surface area contributed by atoms with Gasteiger partial charge in [0, 0.05) is 25.7 Å². The number of hydrogen-bond donors (Lipinski definition) is 2. The lowest BCUT2D eigenvalue weighted by molar-refractivity contribution is -0.137. The number of aliphatic carboxylic acids is 1. The summed E-state index contributed by atoms with van der Waals surface area (Å²) in [6.07, 6.45) is 5.39. The fraction of sp³-hybridized carbons (Fsp3) is 0.562. The fourth-order valence-corrected chi connectivity index (χ4v) is 2.79. The number of nitrogens with one attached hydrogen (secondary N) is 1. The molecule has 0 bridgehead atoms. The lowest BCUT2D eigenvalue weighted by Crippen LogP contribution is -2.33. The van der Waals surface area contributed by atoms with Crippen molar-refractivity contribution in [3.05, 3.63) is 33.2 Å². The summed E-state index contributed by atoms with van der Waals surface area (Å²) in [6.45, 7) is 0.321. The van der Waals surface area contributed by atoms with Crippen molar-refractivity contribution in [2.75, 3.05) is 13.6 Å². The van der Waals surface area contributed by atoms with Gasteiger partial charge in [-0.05, 0) is 43.7 Å². The van der Waals surface area contributed by atoms with Crippen LogP contribution in [-0.2, 0) is 17.6 Å². The number of carbonyl (C=O) groups excluding carboxylic acids is 1. The quantitative estimate of drug-likeness (QED) is 0.808. The van der Waals surface area contributed by atoms with E-state index in [4.69, 9.17) is 5.11 Å². The summed E-state index contributed by atoms with van der Waals surface area (Å²) >= 11 is 0. The molecule has 0 saturated carbocycles. The first-order valence-electron chi connectivity index (χ1n) is 7.71. The molecule has 1 aliphatic rings. The fourth-order valence-electron chi connectivity index (χ4n) is 2.79. The molecule has 22 heavy (non-hydrogen) atoms. The average Bonchev–Trinajstić information content (AvgIpc) is 2.69. The molecule has 1 aromatic heterocycles. The molecule has 1 aliphatic carbocycles. The number of aryl methyl sites for hydroxylation is 2. The molecule has 0 atom stereocenters. The Morgan fingerprint density at radius 3 is 2.73 bits per heavy atom. The number of pyridine rings is 1. The molecule has 0 unspecified atom stereocenters. The number of rotatable bonds is 5. The topological polar surface area (TPSA) is 90.5 Å². The molecule has 6 nitrogen and oxygen atoms in total. The second-order valence-electron chi connectivity index (χ2n) is 5.80. The first kappa shape index (κ1) is 16.3. The van der Waals surface area contributed by atoms with Crippen LogP contribution in [0, 0.1) is 0 Å². The van der Waals surface area contributed by atoms with E-state index in [2.05, 4.69) is 4.98 Å². The van der Waals surface area contributed by atoms with Gasteiger partial charge in [0.15, 0.2) is 0 Å². The van der Waals surface area contributed by atoms with Gasteiger partial charge >= 0.3 is 5.97 Å². The van der Waals surface area contributed by atoms with Crippen LogP contribution in [0.15, 0.2) is 10.9 Å². The second kappa shape index (κ2) is 7.24. The van der Waals surface area contributed by atoms with Gasteiger partial charge in [-0.3, -0.25) is 14.4 Å². The molecule has 120 valence electrons. The first-order valence-corrected chi connectivity index (χ1v) is 7.71. The average molecular weight is 306 g/mol. The van der Waals surface area contributed by atoms with Crippen LogP contribution in [0.3, 0.4) is 0 Å². The van der Waals surface area contributed by atoms with E-state index >= 15 is 0 Å². The second-order valence-corrected chi connectivity index (χ2v) is 5.80. The Morgan fingerprint density at radius 2 is 2.00 bits per heavy atom. The highest BCUT2D eigenvalue weighted by Crippen LogP contribution is 2.18. The maximum absolute atomic E-state index is 12.4. The molecular weight excluding hydrogens is 284 g/mol. The van der Waals surface area contributed by atoms with Crippen LogP contribution in [0.5, 0.6) is 0 Å². The largest absolute Gasteiger partial charge is 0.481 e. The molecule has 0 spiro atoms. The third-order valence-electron chi connectivity index (χ3n) is 4.05. The van der Waals surface area contributed by atoms with Crippen LogP contribution >= 0.6 is 0 Å². The smallest absolute Gasteiger partial charge is 0.303 e. The van der Waals surface area contributed by atoms with Gasteiger partial charge in [0.05, 0.1) is 0 Å². The molecule has 6 heteroatoms. The Bertz CT molecular complexity index is 621. The summed E-state index contributed by atoms with van der Waals surface area (Å²) in [4.78, 5) is 39.3. The van der Waals surface area contributed by atoms with Crippen molar-refractivity contribution in [1.29, 1.82) is 0 Å². The SMILES string of the molecule is CN(CCCC(=O)O)C(=O)c1cc2c([nH]c1=O)CCCCC2. The van der Waals surface area contributed by atoms with Gasteiger partial charge in [0.2, 0.25) is 0 Å². The highest BCUT2D eigenvalue weighted by atomic mass is 16.4. The van der Waals surface area contributed by atoms with E-state index in [9.17, 15) is 14.4 Å². The molecule has 0 radical (unpaired) electrons. The van der Waals surface area contributed by atoms with Crippen LogP contribution in [0.4, 0.5) is 0 Å². The monoisotopic (exact) mass is 306 g/mol. The number of amides is 1. The summed E-state index contributed by atoms with van der Waals surface area (Å²) < 4.78 is 0. The van der Waals surface area contributed by atoms with Crippen LogP contribution < -0.4 is 5.56 Å². The number of hydrogen-bond acceptors (Lipinski definition) is 3. The van der Waals surface area contributed by atoms with E-state index in [-0.39, 0.29) is 23.5 Å². The predicted molar refractivity (Wildman–Crippen MR) is 82.2 cm³/mol. The van der Waals surface area contributed by atoms with Crippen LogP contribution in [0.25, 0.3) is 0 Å². The van der Waals surface area contributed by atoms with Crippen molar-refractivity contribution in [2.24, 2.45) is 0 Å². The minimum atomic E-state index is -0.885. The standard InChI is InChI=1S/C16H22N2O4/c1-18(9-5-8-14(19)20)16(22)12-10-11-6-3-2-4-7-13(11)17-15(12)21/h10H,2-9H2,1H3,(H,17,21)(H,19,20). The molecule has 1 heterocycles. The normalized spacial score (nSPS) is 14.0. The molecule has 2 rings (SSSR count). The molecule has 0 aliphatic heterocycles. The number of carbonyl (C=O) groups is 2. The zero-order valence-electron chi connectivity index (χ0n) is 12.9. The minimum Gasteiger partial charge on any atom is -0.481 e. The maximum atomic E-state index is 12.4. The molecule has 0 fully saturated rings. The molecule has 1 aromatic rings. The molecule has 2 N–H and O–H groups in total. The number of aromatic amines is 1. The van der Waals surface area contributed by atoms with Crippen molar-refractivity contribution in [2.45, 2.75) is 44.9 Å². The Kier molecular flexibility index (Phi) is 5.35. The third-order valence-corrected chi connectivity index (χ3v) is 4.05. The summed E-state index contributed by atoms with van der Waals surface area (Å²) in [7, 11) is 1.59. The van der Waals surface area contributed by atoms with E-state index in [1.165, 1.54) is 4.90 Å². The van der Waals surface area contributed by atoms with Gasteiger partial charge in [-0.25, -0.2) is 0 Å². The Balaban J connectivity index is 2.13. The van der Waals surface area contributed by atoms with Gasteiger partial charge in [0.25, 0.3) is 11.5 Å². The Hall–Kier alpha value is -2.11. The molecular formula is C16H22N2O4. The predicted octanol–water partition coefficient (Wildman–Crippen LogP) is 1.58. The molecule has 0 aromatic carbocycles. The van der Waals surface area contributed by atoms with E-state index in [0.717, 1.165) is 43.4 Å². The van der Waals surface area contributed by atoms with Gasteiger partial charge in [-0.15, -0.1) is 0 Å². The lowest BCUT2D eigenvalue weighted by atomic mass is 10.1. The van der Waals surface area contributed by atoms with E-state index in [0.29, 0.717) is 13.0 Å². The summed E-state index contributed by atoms with van der Waals surface area (Å²) in [5, 5.41) is 8.63. The Labute approximate surface area is 129 Å². The summed E-state index contributed by atoms with van der Waals surface area (Å²) in [5.41, 5.74) is 1.81. The van der Waals surface area contributed by atoms with Gasteiger partial charge in [0.1, 0.15) is 5.56 Å². The van der Waals surface area contributed by atoms with E-state index < -0.39 is 5.97 Å². The number of carboxylic acids is 1. The zero-order chi connectivity index (χ0) is 16.1. The highest BCUT2D eigenvalue weighted by molar-refractivity contribution is 5.93. The number of fused-ring (bicyclic) bond motifs is 1. The van der Waals surface area contributed by atoms with Crippen molar-refractivity contribution in [3.63, 3.8) is 0 Å². The van der Waals surface area contributed by atoms with Crippen molar-refractivity contribution in [3.8, 4) is 0 Å². The third kappa shape index (κ3) is 3.96. The zero-order valence-corrected chi connectivity index (χ0v) is 12.9. The van der Waals surface area contributed by atoms with Crippen molar-refractivity contribution in [1.82, 2.24) is 9.88 Å². The van der Waals surface area contributed by atoms with Gasteiger partial charge in [-0.1, -0.05) is 6.42 Å². The van der Waals surface area contributed by atoms with Crippen LogP contribution in [-0.4, -0.2) is 40.5 Å². The van der Waals surface area contributed by atoms with Gasteiger partial charge < -0.3 is 15.0 Å². The van der Waals surface area contributed by atoms with Crippen LogP contribution in [0.2, 0.25) is 0 Å². The van der Waals surface area contributed by atoms with Crippen molar-refractivity contribution >= 4 is 11.9 Å². The molecule has 1 amide bonds. The Morgan fingerprint density at radius 1 is 1.27 bits per heavy atom. The maximum Gasteiger partial charge on any atom is 0.303 e. The lowest BCUT2D eigenvalue weighted by Gasteiger charge is -2.17. The number of carboxylic acid groups (broad SMARTS) is 1. The number of H-pyrrole nitrogens is 1. The van der Waals surface area contributed by atoms with Crippen LogP contribution in [0.1, 0.15) is 53.7 Å². The van der Waals surface area contributed by atoms with E-state index in [1.807, 2.05) is 0 Å². The van der Waals surface area contributed by atoms with E-state index in [1.54, 1.807) is 13.1 Å². The molecule has 0 saturated heterocycles. The summed E-state index contributed by atoms with van der Waals surface area (Å²) in [6, 6.07) is 1.72. The minimum absolute atomic E-state index is 0.0121. The number of aromatic nitrogens is 1. The highest BCUT2D eigenvalue weighted by Gasteiger charge is 2.19.